The van der Waals surface area contributed by atoms with Crippen molar-refractivity contribution < 1.29 is 19.1 Å². The highest BCUT2D eigenvalue weighted by molar-refractivity contribution is 7.18. The summed E-state index contributed by atoms with van der Waals surface area (Å²) in [6, 6.07) is -0.0419. The molecule has 0 bridgehead atoms. The van der Waals surface area contributed by atoms with Gasteiger partial charge in [-0.2, -0.15) is 0 Å². The summed E-state index contributed by atoms with van der Waals surface area (Å²) < 4.78 is 10.3. The number of ether oxygens (including phenoxy) is 2. The third-order valence-corrected chi connectivity index (χ3v) is 4.63. The van der Waals surface area contributed by atoms with Gasteiger partial charge in [-0.15, -0.1) is 0 Å². The van der Waals surface area contributed by atoms with Gasteiger partial charge in [-0.25, -0.2) is 14.6 Å². The molecule has 2 rings (SSSR count). The summed E-state index contributed by atoms with van der Waals surface area (Å²) >= 11 is 1.22. The largest absolute Gasteiger partial charge is 0.462 e. The predicted molar refractivity (Wildman–Crippen MR) is 97.1 cm³/mol. The minimum Gasteiger partial charge on any atom is -0.462 e. The van der Waals surface area contributed by atoms with Crippen LogP contribution in [0.2, 0.25) is 0 Å². The van der Waals surface area contributed by atoms with Crippen molar-refractivity contribution in [3.05, 3.63) is 4.88 Å². The Morgan fingerprint density at radius 2 is 2.16 bits per heavy atom. The monoisotopic (exact) mass is 370 g/mol. The van der Waals surface area contributed by atoms with Crippen LogP contribution in [-0.2, 0) is 9.47 Å². The first-order valence-electron chi connectivity index (χ1n) is 8.37. The summed E-state index contributed by atoms with van der Waals surface area (Å²) in [7, 11) is 0. The van der Waals surface area contributed by atoms with Gasteiger partial charge in [-0.05, 0) is 40.5 Å². The number of alkyl carbamates (subject to hydrolysis) is 1. The lowest BCUT2D eigenvalue weighted by atomic mass is 10.1. The second kappa shape index (κ2) is 7.90. The van der Waals surface area contributed by atoms with Crippen molar-refractivity contribution in [1.82, 2.24) is 10.3 Å². The van der Waals surface area contributed by atoms with Crippen LogP contribution in [0.1, 0.15) is 50.2 Å². The van der Waals surface area contributed by atoms with E-state index in [0.29, 0.717) is 16.6 Å². The molecular formula is C16H26N4O4S. The highest BCUT2D eigenvalue weighted by Crippen LogP contribution is 2.30. The molecule has 1 fully saturated rings. The molecule has 1 atom stereocenters. The maximum atomic E-state index is 11.9. The van der Waals surface area contributed by atoms with Crippen LogP contribution in [0.25, 0.3) is 0 Å². The van der Waals surface area contributed by atoms with Crippen LogP contribution in [0.4, 0.5) is 15.7 Å². The van der Waals surface area contributed by atoms with Crippen LogP contribution in [0.3, 0.4) is 0 Å². The van der Waals surface area contributed by atoms with E-state index in [1.54, 1.807) is 6.92 Å². The van der Waals surface area contributed by atoms with Crippen LogP contribution in [0.15, 0.2) is 0 Å². The van der Waals surface area contributed by atoms with Crippen molar-refractivity contribution in [1.29, 1.82) is 0 Å². The molecule has 25 heavy (non-hydrogen) atoms. The third-order valence-electron chi connectivity index (χ3n) is 3.52. The van der Waals surface area contributed by atoms with Gasteiger partial charge in [0.2, 0.25) is 0 Å². The molecule has 3 N–H and O–H groups in total. The zero-order chi connectivity index (χ0) is 18.6. The fourth-order valence-corrected chi connectivity index (χ4v) is 3.46. The van der Waals surface area contributed by atoms with Crippen LogP contribution in [0, 0.1) is 0 Å². The zero-order valence-electron chi connectivity index (χ0n) is 15.1. The van der Waals surface area contributed by atoms with Crippen molar-refractivity contribution in [2.45, 2.75) is 52.2 Å². The molecule has 9 heteroatoms. The van der Waals surface area contributed by atoms with Gasteiger partial charge in [0, 0.05) is 19.1 Å². The summed E-state index contributed by atoms with van der Waals surface area (Å²) in [6.45, 7) is 8.90. The molecule has 0 unspecified atom stereocenters. The molecule has 0 aromatic carbocycles. The van der Waals surface area contributed by atoms with Gasteiger partial charge >= 0.3 is 12.1 Å². The van der Waals surface area contributed by atoms with Gasteiger partial charge in [0.25, 0.3) is 0 Å². The molecule has 1 aromatic rings. The van der Waals surface area contributed by atoms with Crippen LogP contribution in [-0.4, -0.2) is 48.4 Å². The molecule has 0 saturated carbocycles. The van der Waals surface area contributed by atoms with E-state index in [9.17, 15) is 9.59 Å². The van der Waals surface area contributed by atoms with Crippen molar-refractivity contribution in [2.75, 3.05) is 30.3 Å². The van der Waals surface area contributed by atoms with Crippen molar-refractivity contribution in [3.63, 3.8) is 0 Å². The standard InChI is InChI=1S/C16H26N4O4S/c1-5-23-13(21)11-12(17)19-14(25-11)20-8-6-7-10(9-20)18-15(22)24-16(2,3)4/h10H,5-9,17H2,1-4H3,(H,18,22)/t10-/m1/s1. The Morgan fingerprint density at radius 3 is 2.80 bits per heavy atom. The van der Waals surface area contributed by atoms with Crippen molar-refractivity contribution in [3.8, 4) is 0 Å². The van der Waals surface area contributed by atoms with Crippen LogP contribution < -0.4 is 16.0 Å². The summed E-state index contributed by atoms with van der Waals surface area (Å²) in [4.78, 5) is 30.5. The molecule has 8 nitrogen and oxygen atoms in total. The van der Waals surface area contributed by atoms with Gasteiger partial charge in [-0.3, -0.25) is 0 Å². The van der Waals surface area contributed by atoms with E-state index in [-0.39, 0.29) is 18.5 Å². The van der Waals surface area contributed by atoms with Gasteiger partial charge in [0.05, 0.1) is 6.61 Å². The number of nitrogens with one attached hydrogen (secondary N) is 1. The predicted octanol–water partition coefficient (Wildman–Crippen LogP) is 2.40. The number of carbonyl (C=O) groups excluding carboxylic acids is 2. The van der Waals surface area contributed by atoms with Crippen LogP contribution in [0.5, 0.6) is 0 Å². The number of nitrogens with zero attached hydrogens (tertiary/aromatic N) is 2. The van der Waals surface area contributed by atoms with E-state index in [4.69, 9.17) is 15.2 Å². The third kappa shape index (κ3) is 5.48. The number of hydrogen-bond donors (Lipinski definition) is 2. The number of amides is 1. The average molecular weight is 370 g/mol. The Bertz CT molecular complexity index is 626. The van der Waals surface area contributed by atoms with Gasteiger partial charge < -0.3 is 25.4 Å². The van der Waals surface area contributed by atoms with Gasteiger partial charge in [0.15, 0.2) is 15.8 Å². The minimum absolute atomic E-state index is 0.0419. The van der Waals surface area contributed by atoms with Crippen LogP contribution >= 0.6 is 11.3 Å². The smallest absolute Gasteiger partial charge is 0.407 e. The minimum atomic E-state index is -0.531. The second-order valence-electron chi connectivity index (χ2n) is 6.86. The Kier molecular flexibility index (Phi) is 6.10. The first-order valence-corrected chi connectivity index (χ1v) is 9.19. The second-order valence-corrected chi connectivity index (χ2v) is 7.84. The molecule has 0 aliphatic carbocycles. The first kappa shape index (κ1) is 19.3. The van der Waals surface area contributed by atoms with Gasteiger partial charge in [0.1, 0.15) is 5.60 Å². The fourth-order valence-electron chi connectivity index (χ4n) is 2.54. The average Bonchev–Trinajstić information content (AvgIpc) is 2.88. The quantitative estimate of drug-likeness (QED) is 0.784. The topological polar surface area (TPSA) is 107 Å². The lowest BCUT2D eigenvalue weighted by Gasteiger charge is -2.33. The van der Waals surface area contributed by atoms with Crippen molar-refractivity contribution in [2.24, 2.45) is 0 Å². The van der Waals surface area contributed by atoms with Gasteiger partial charge in [-0.1, -0.05) is 11.3 Å². The normalized spacial score (nSPS) is 17.9. The van der Waals surface area contributed by atoms with E-state index in [0.717, 1.165) is 19.4 Å². The number of anilines is 2. The lowest BCUT2D eigenvalue weighted by molar-refractivity contribution is 0.0497. The molecule has 1 aromatic heterocycles. The number of hydrogen-bond acceptors (Lipinski definition) is 8. The van der Waals surface area contributed by atoms with E-state index >= 15 is 0 Å². The number of thiazole rings is 1. The molecular weight excluding hydrogens is 344 g/mol. The highest BCUT2D eigenvalue weighted by atomic mass is 32.1. The molecule has 1 saturated heterocycles. The number of nitrogens with two attached hydrogens (primary N) is 1. The summed E-state index contributed by atoms with van der Waals surface area (Å²) in [6.07, 6.45) is 1.33. The Morgan fingerprint density at radius 1 is 1.44 bits per heavy atom. The number of piperidine rings is 1. The fraction of sp³-hybridized carbons (Fsp3) is 0.688. The Labute approximate surface area is 151 Å². The molecule has 1 aliphatic rings. The molecule has 140 valence electrons. The summed E-state index contributed by atoms with van der Waals surface area (Å²) in [5.41, 5.74) is 5.32. The lowest BCUT2D eigenvalue weighted by Crippen LogP contribution is -2.49. The number of esters is 1. The molecule has 1 aliphatic heterocycles. The van der Waals surface area contributed by atoms with E-state index in [1.807, 2.05) is 25.7 Å². The molecule has 0 spiro atoms. The van der Waals surface area contributed by atoms with E-state index < -0.39 is 17.7 Å². The Balaban J connectivity index is 2.00. The molecule has 1 amide bonds. The number of nitrogen functional groups attached to an aromatic ring is 1. The zero-order valence-corrected chi connectivity index (χ0v) is 15.9. The SMILES string of the molecule is CCOC(=O)c1sc(N2CCC[C@@H](NC(=O)OC(C)(C)C)C2)nc1N. The maximum absolute atomic E-state index is 11.9. The molecule has 2 heterocycles. The number of carbonyl (C=O) groups is 2. The Hall–Kier alpha value is -2.03. The van der Waals surface area contributed by atoms with Crippen molar-refractivity contribution >= 4 is 34.3 Å². The maximum Gasteiger partial charge on any atom is 0.407 e. The number of rotatable bonds is 4. The summed E-state index contributed by atoms with van der Waals surface area (Å²) in [5.74, 6) is -0.273. The first-order chi connectivity index (χ1) is 11.7. The van der Waals surface area contributed by atoms with E-state index in [1.165, 1.54) is 11.3 Å². The molecule has 0 radical (unpaired) electrons. The summed E-state index contributed by atoms with van der Waals surface area (Å²) in [5, 5.41) is 3.55. The van der Waals surface area contributed by atoms with E-state index in [2.05, 4.69) is 10.3 Å². The highest BCUT2D eigenvalue weighted by Gasteiger charge is 2.27. The number of aromatic nitrogens is 1.